The van der Waals surface area contributed by atoms with Gasteiger partial charge >= 0.3 is 18.1 Å². The molecule has 144 valence electrons. The van der Waals surface area contributed by atoms with Gasteiger partial charge in [-0.1, -0.05) is 0 Å². The molecule has 27 heavy (non-hydrogen) atoms. The van der Waals surface area contributed by atoms with E-state index in [2.05, 4.69) is 10.1 Å². The molecular weight excluding hydrogens is 364 g/mol. The van der Waals surface area contributed by atoms with Crippen molar-refractivity contribution >= 4 is 29.7 Å². The van der Waals surface area contributed by atoms with E-state index in [-0.39, 0.29) is 17.7 Å². The van der Waals surface area contributed by atoms with Crippen molar-refractivity contribution in [3.8, 4) is 0 Å². The smallest absolute Gasteiger partial charge is 0.481 e. The Balaban J connectivity index is 1.99. The van der Waals surface area contributed by atoms with Gasteiger partial charge in [0.05, 0.1) is 28.9 Å². The fourth-order valence-corrected chi connectivity index (χ4v) is 2.75. The first-order valence-electron chi connectivity index (χ1n) is 7.73. The molecule has 1 amide bonds. The van der Waals surface area contributed by atoms with E-state index >= 15 is 0 Å². The maximum Gasteiger partial charge on any atom is 0.516 e. The number of rotatable bonds is 6. The minimum atomic E-state index is -1.42. The number of nitrogens with one attached hydrogen (secondary N) is 1. The topological polar surface area (TPSA) is 162 Å². The number of aliphatic carboxylic acids is 1. The molecule has 11 nitrogen and oxygen atoms in total. The third-order valence-corrected chi connectivity index (χ3v) is 3.99. The molecule has 1 aromatic rings. The Morgan fingerprint density at radius 1 is 1.26 bits per heavy atom. The van der Waals surface area contributed by atoms with Crippen LogP contribution in [0.25, 0.3) is 0 Å². The Hall–Kier alpha value is -3.50. The highest BCUT2D eigenvalue weighted by Gasteiger charge is 2.52. The summed E-state index contributed by atoms with van der Waals surface area (Å²) in [5, 5.41) is 21.8. The average Bonchev–Trinajstić information content (AvgIpc) is 2.52. The second-order valence-electron chi connectivity index (χ2n) is 6.34. The molecular formula is C16H16N2O9. The fraction of sp³-hybridized carbons (Fsp3) is 0.375. The molecule has 1 aliphatic heterocycles. The second-order valence-corrected chi connectivity index (χ2v) is 6.34. The van der Waals surface area contributed by atoms with E-state index in [1.807, 2.05) is 0 Å². The lowest BCUT2D eigenvalue weighted by atomic mass is 9.76. The number of β-lactam (4-membered cyclic amide) rings is 1. The molecule has 2 rings (SSSR count). The number of nitrogens with zero attached hydrogens (tertiary/aromatic N) is 1. The lowest BCUT2D eigenvalue weighted by Crippen LogP contribution is -2.66. The highest BCUT2D eigenvalue weighted by Crippen LogP contribution is 2.32. The van der Waals surface area contributed by atoms with Crippen LogP contribution < -0.4 is 5.32 Å². The molecule has 0 unspecified atom stereocenters. The van der Waals surface area contributed by atoms with Gasteiger partial charge in [-0.05, 0) is 26.0 Å². The lowest BCUT2D eigenvalue weighted by molar-refractivity contribution is -0.384. The van der Waals surface area contributed by atoms with Gasteiger partial charge in [-0.2, -0.15) is 0 Å². The minimum absolute atomic E-state index is 0.111. The summed E-state index contributed by atoms with van der Waals surface area (Å²) in [7, 11) is 0. The van der Waals surface area contributed by atoms with Crippen LogP contribution in [0.1, 0.15) is 30.6 Å². The van der Waals surface area contributed by atoms with Gasteiger partial charge in [0, 0.05) is 12.1 Å². The number of hydrogen-bond acceptors (Lipinski definition) is 8. The van der Waals surface area contributed by atoms with E-state index in [1.165, 1.54) is 13.8 Å². The van der Waals surface area contributed by atoms with E-state index in [4.69, 9.17) is 9.84 Å². The SMILES string of the molecule is CC(C)(OC(=O)OC(=O)c1ccc([N+](=O)[O-])cc1)[C@H]1C(=O)N[C@@H]1CC(=O)O. The van der Waals surface area contributed by atoms with Crippen molar-refractivity contribution in [2.24, 2.45) is 5.92 Å². The van der Waals surface area contributed by atoms with Gasteiger partial charge in [0.2, 0.25) is 5.91 Å². The van der Waals surface area contributed by atoms with Gasteiger partial charge in [0.25, 0.3) is 5.69 Å². The number of carboxylic acids is 1. The maximum atomic E-state index is 11.9. The van der Waals surface area contributed by atoms with Gasteiger partial charge < -0.3 is 19.9 Å². The molecule has 0 radical (unpaired) electrons. The zero-order valence-electron chi connectivity index (χ0n) is 14.3. The van der Waals surface area contributed by atoms with Crippen molar-refractivity contribution in [2.75, 3.05) is 0 Å². The first-order valence-corrected chi connectivity index (χ1v) is 7.73. The number of carbonyl (C=O) groups excluding carboxylic acids is 3. The Morgan fingerprint density at radius 2 is 1.85 bits per heavy atom. The number of nitro groups is 1. The predicted octanol–water partition coefficient (Wildman–Crippen LogP) is 1.26. The van der Waals surface area contributed by atoms with Crippen LogP contribution in [-0.2, 0) is 19.1 Å². The van der Waals surface area contributed by atoms with Crippen LogP contribution in [0.4, 0.5) is 10.5 Å². The number of hydrogen-bond donors (Lipinski definition) is 2. The normalized spacial score (nSPS) is 18.7. The molecule has 0 saturated carbocycles. The summed E-state index contributed by atoms with van der Waals surface area (Å²) >= 11 is 0. The van der Waals surface area contributed by atoms with Crippen molar-refractivity contribution < 1.29 is 38.7 Å². The summed E-state index contributed by atoms with van der Waals surface area (Å²) in [6.45, 7) is 2.78. The highest BCUT2D eigenvalue weighted by molar-refractivity contribution is 5.95. The number of carbonyl (C=O) groups is 4. The predicted molar refractivity (Wildman–Crippen MR) is 86.7 cm³/mol. The monoisotopic (exact) mass is 380 g/mol. The second kappa shape index (κ2) is 7.40. The van der Waals surface area contributed by atoms with Gasteiger partial charge in [0.1, 0.15) is 5.60 Å². The number of benzene rings is 1. The lowest BCUT2D eigenvalue weighted by Gasteiger charge is -2.44. The van der Waals surface area contributed by atoms with Crippen LogP contribution in [0, 0.1) is 16.0 Å². The first-order chi connectivity index (χ1) is 12.5. The number of amides is 1. The van der Waals surface area contributed by atoms with Crippen LogP contribution >= 0.6 is 0 Å². The summed E-state index contributed by atoms with van der Waals surface area (Å²) in [4.78, 5) is 56.2. The largest absolute Gasteiger partial charge is 0.516 e. The van der Waals surface area contributed by atoms with Crippen molar-refractivity contribution in [3.63, 3.8) is 0 Å². The molecule has 1 fully saturated rings. The number of carboxylic acid groups (broad SMARTS) is 1. The molecule has 0 spiro atoms. The Morgan fingerprint density at radius 3 is 2.33 bits per heavy atom. The zero-order chi connectivity index (χ0) is 20.4. The number of ether oxygens (including phenoxy) is 2. The molecule has 1 saturated heterocycles. The number of non-ortho nitro benzene ring substituents is 1. The molecule has 0 bridgehead atoms. The summed E-state index contributed by atoms with van der Waals surface area (Å²) < 4.78 is 9.56. The van der Waals surface area contributed by atoms with E-state index in [1.54, 1.807) is 0 Å². The molecule has 1 aromatic carbocycles. The Kier molecular flexibility index (Phi) is 5.43. The summed E-state index contributed by atoms with van der Waals surface area (Å²) in [5.74, 6) is -3.63. The summed E-state index contributed by atoms with van der Waals surface area (Å²) in [6, 6.07) is 3.65. The van der Waals surface area contributed by atoms with Gasteiger partial charge in [-0.15, -0.1) is 0 Å². The first kappa shape index (κ1) is 19.8. The van der Waals surface area contributed by atoms with E-state index in [9.17, 15) is 29.3 Å². The molecule has 0 aliphatic carbocycles. The standard InChI is InChI=1S/C16H16N2O9/c1-16(2,12-10(7-11(19)20)17-13(12)21)27-15(23)26-14(22)8-3-5-9(6-4-8)18(24)25/h3-6,10,12H,7H2,1-2H3,(H,17,21)(H,19,20)/t10-,12-/m1/s1. The van der Waals surface area contributed by atoms with Crippen molar-refractivity contribution in [1.29, 1.82) is 0 Å². The van der Waals surface area contributed by atoms with Crippen LogP contribution in [0.15, 0.2) is 24.3 Å². The maximum absolute atomic E-state index is 11.9. The third-order valence-electron chi connectivity index (χ3n) is 3.99. The average molecular weight is 380 g/mol. The molecule has 11 heteroatoms. The molecule has 1 heterocycles. The molecule has 1 aliphatic rings. The minimum Gasteiger partial charge on any atom is -0.481 e. The summed E-state index contributed by atoms with van der Waals surface area (Å²) in [5.41, 5.74) is -1.77. The quantitative estimate of drug-likeness (QED) is 0.243. The Bertz CT molecular complexity index is 801. The van der Waals surface area contributed by atoms with Crippen LogP contribution in [0.2, 0.25) is 0 Å². The highest BCUT2D eigenvalue weighted by atomic mass is 16.7. The third kappa shape index (κ3) is 4.57. The van der Waals surface area contributed by atoms with Crippen LogP contribution in [-0.4, -0.2) is 45.7 Å². The fourth-order valence-electron chi connectivity index (χ4n) is 2.75. The van der Waals surface area contributed by atoms with Crippen LogP contribution in [0.3, 0.4) is 0 Å². The molecule has 2 atom stereocenters. The molecule has 2 N–H and O–H groups in total. The van der Waals surface area contributed by atoms with Crippen molar-refractivity contribution in [1.82, 2.24) is 5.32 Å². The van der Waals surface area contributed by atoms with Crippen LogP contribution in [0.5, 0.6) is 0 Å². The van der Waals surface area contributed by atoms with Gasteiger partial charge in [-0.25, -0.2) is 9.59 Å². The zero-order valence-corrected chi connectivity index (χ0v) is 14.3. The van der Waals surface area contributed by atoms with E-state index in [0.29, 0.717) is 0 Å². The van der Waals surface area contributed by atoms with Crippen molar-refractivity contribution in [2.45, 2.75) is 31.9 Å². The number of esters is 1. The van der Waals surface area contributed by atoms with Gasteiger partial charge in [-0.3, -0.25) is 19.7 Å². The molecule has 0 aromatic heterocycles. The van der Waals surface area contributed by atoms with E-state index < -0.39 is 46.5 Å². The number of nitro benzene ring substituents is 1. The van der Waals surface area contributed by atoms with Crippen molar-refractivity contribution in [3.05, 3.63) is 39.9 Å². The Labute approximate surface area is 152 Å². The summed E-state index contributed by atoms with van der Waals surface area (Å²) in [6.07, 6.45) is -1.72. The van der Waals surface area contributed by atoms with Gasteiger partial charge in [0.15, 0.2) is 0 Å². The van der Waals surface area contributed by atoms with E-state index in [0.717, 1.165) is 24.3 Å².